The molecule has 2 N–H and O–H groups in total. The molecule has 7 nitrogen and oxygen atoms in total. The molecule has 2 amide bonds. The van der Waals surface area contributed by atoms with Crippen molar-refractivity contribution in [2.45, 2.75) is 27.2 Å². The summed E-state index contributed by atoms with van der Waals surface area (Å²) in [5.74, 6) is 0.370. The molecule has 2 rings (SSSR count). The van der Waals surface area contributed by atoms with E-state index in [9.17, 15) is 9.59 Å². The number of carbonyl (C=O) groups is 2. The van der Waals surface area contributed by atoms with Crippen LogP contribution in [0, 0.1) is 13.8 Å². The molecule has 0 unspecified atom stereocenters. The van der Waals surface area contributed by atoms with E-state index in [0.29, 0.717) is 22.8 Å². The fourth-order valence-electron chi connectivity index (χ4n) is 2.50. The number of benzene rings is 2. The molecular formula is C21H25N3O4. The van der Waals surface area contributed by atoms with Gasteiger partial charge in [0.25, 0.3) is 5.91 Å². The van der Waals surface area contributed by atoms with E-state index in [4.69, 9.17) is 9.47 Å². The van der Waals surface area contributed by atoms with Gasteiger partial charge in [0, 0.05) is 23.0 Å². The van der Waals surface area contributed by atoms with Crippen molar-refractivity contribution >= 4 is 23.2 Å². The Balaban J connectivity index is 1.99. The van der Waals surface area contributed by atoms with Crippen LogP contribution in [0.1, 0.15) is 34.8 Å². The zero-order chi connectivity index (χ0) is 20.7. The van der Waals surface area contributed by atoms with Gasteiger partial charge in [0.1, 0.15) is 11.5 Å². The van der Waals surface area contributed by atoms with Crippen LogP contribution in [-0.2, 0) is 4.79 Å². The largest absolute Gasteiger partial charge is 0.497 e. The molecule has 0 spiro atoms. The summed E-state index contributed by atoms with van der Waals surface area (Å²) in [6, 6.07) is 10.6. The van der Waals surface area contributed by atoms with Gasteiger partial charge in [-0.1, -0.05) is 12.1 Å². The number of amides is 2. The summed E-state index contributed by atoms with van der Waals surface area (Å²) in [6.07, 6.45) is 0.0646. The number of methoxy groups -OCH3 is 2. The summed E-state index contributed by atoms with van der Waals surface area (Å²) in [5.41, 5.74) is 6.16. The minimum atomic E-state index is -0.425. The topological polar surface area (TPSA) is 89.0 Å². The first-order valence-electron chi connectivity index (χ1n) is 8.76. The van der Waals surface area contributed by atoms with E-state index in [1.165, 1.54) is 14.2 Å². The second-order valence-electron chi connectivity index (χ2n) is 6.36. The van der Waals surface area contributed by atoms with Gasteiger partial charge in [0.15, 0.2) is 0 Å². The Morgan fingerprint density at radius 2 is 1.68 bits per heavy atom. The first kappa shape index (κ1) is 21.0. The van der Waals surface area contributed by atoms with Gasteiger partial charge in [0.2, 0.25) is 5.91 Å². The Morgan fingerprint density at radius 3 is 2.29 bits per heavy atom. The smallest absolute Gasteiger partial charge is 0.271 e. The van der Waals surface area contributed by atoms with Gasteiger partial charge >= 0.3 is 0 Å². The number of nitrogens with one attached hydrogen (secondary N) is 2. The lowest BCUT2D eigenvalue weighted by molar-refractivity contribution is -0.115. The van der Waals surface area contributed by atoms with Gasteiger partial charge in [-0.05, 0) is 50.1 Å². The molecule has 2 aromatic carbocycles. The highest BCUT2D eigenvalue weighted by atomic mass is 16.5. The van der Waals surface area contributed by atoms with Gasteiger partial charge in [0.05, 0.1) is 20.6 Å². The number of hydrogen-bond acceptors (Lipinski definition) is 5. The Hall–Kier alpha value is -3.35. The number of hydrazone groups is 1. The molecule has 2 aromatic rings. The average Bonchev–Trinajstić information content (AvgIpc) is 2.69. The third-order valence-electron chi connectivity index (χ3n) is 4.26. The molecule has 0 saturated carbocycles. The zero-order valence-corrected chi connectivity index (χ0v) is 16.8. The third kappa shape index (κ3) is 5.57. The number of hydrogen-bond donors (Lipinski definition) is 2. The molecule has 7 heteroatoms. The number of ether oxygens (including phenoxy) is 2. The Labute approximate surface area is 164 Å². The third-order valence-corrected chi connectivity index (χ3v) is 4.26. The van der Waals surface area contributed by atoms with Crippen LogP contribution in [0.2, 0.25) is 0 Å². The quantitative estimate of drug-likeness (QED) is 0.566. The Morgan fingerprint density at radius 1 is 1.04 bits per heavy atom. The number of aryl methyl sites for hydroxylation is 1. The summed E-state index contributed by atoms with van der Waals surface area (Å²) in [5, 5.41) is 6.87. The van der Waals surface area contributed by atoms with Crippen molar-refractivity contribution in [3.63, 3.8) is 0 Å². The van der Waals surface area contributed by atoms with E-state index < -0.39 is 5.91 Å². The van der Waals surface area contributed by atoms with Gasteiger partial charge in [-0.15, -0.1) is 0 Å². The van der Waals surface area contributed by atoms with Crippen molar-refractivity contribution in [3.05, 3.63) is 53.1 Å². The number of anilines is 1. The summed E-state index contributed by atoms with van der Waals surface area (Å²) in [6.45, 7) is 5.62. The van der Waals surface area contributed by atoms with Gasteiger partial charge in [-0.25, -0.2) is 5.43 Å². The standard InChI is InChI=1S/C21H25N3O4/c1-13-7-6-8-19(15(13)3)22-20(25)9-14(2)23-24-21(26)16-10-17(27-4)12-18(11-16)28-5/h6-8,10-12H,9H2,1-5H3,(H,22,25)(H,24,26)/b23-14-. The number of nitrogens with zero attached hydrogens (tertiary/aromatic N) is 1. The molecule has 0 aromatic heterocycles. The van der Waals surface area contributed by atoms with Crippen molar-refractivity contribution in [3.8, 4) is 11.5 Å². The predicted octanol–water partition coefficient (Wildman–Crippen LogP) is 3.46. The van der Waals surface area contributed by atoms with E-state index in [0.717, 1.165) is 16.8 Å². The average molecular weight is 383 g/mol. The molecule has 0 atom stereocenters. The maximum Gasteiger partial charge on any atom is 0.271 e. The van der Waals surface area contributed by atoms with Gasteiger partial charge < -0.3 is 14.8 Å². The van der Waals surface area contributed by atoms with Crippen LogP contribution in [0.4, 0.5) is 5.69 Å². The number of carbonyl (C=O) groups excluding carboxylic acids is 2. The maximum atomic E-state index is 12.3. The summed E-state index contributed by atoms with van der Waals surface area (Å²) >= 11 is 0. The summed E-state index contributed by atoms with van der Waals surface area (Å²) in [4.78, 5) is 24.5. The summed E-state index contributed by atoms with van der Waals surface area (Å²) < 4.78 is 10.3. The number of rotatable bonds is 7. The summed E-state index contributed by atoms with van der Waals surface area (Å²) in [7, 11) is 3.01. The predicted molar refractivity (Wildman–Crippen MR) is 109 cm³/mol. The van der Waals surface area contributed by atoms with Gasteiger partial charge in [-0.3, -0.25) is 9.59 Å². The van der Waals surface area contributed by atoms with Crippen molar-refractivity contribution in [2.24, 2.45) is 5.10 Å². The van der Waals surface area contributed by atoms with Crippen LogP contribution in [0.3, 0.4) is 0 Å². The lowest BCUT2D eigenvalue weighted by atomic mass is 10.1. The van der Waals surface area contributed by atoms with Crippen LogP contribution in [0.25, 0.3) is 0 Å². The molecule has 0 radical (unpaired) electrons. The van der Waals surface area contributed by atoms with E-state index in [-0.39, 0.29) is 12.3 Å². The van der Waals surface area contributed by atoms with Crippen LogP contribution in [0.5, 0.6) is 11.5 Å². The highest BCUT2D eigenvalue weighted by molar-refractivity contribution is 6.06. The van der Waals surface area contributed by atoms with E-state index in [2.05, 4.69) is 15.8 Å². The minimum Gasteiger partial charge on any atom is -0.497 e. The second kappa shape index (κ2) is 9.55. The lowest BCUT2D eigenvalue weighted by Crippen LogP contribution is -2.21. The zero-order valence-electron chi connectivity index (χ0n) is 16.8. The molecule has 28 heavy (non-hydrogen) atoms. The van der Waals surface area contributed by atoms with Crippen molar-refractivity contribution in [1.82, 2.24) is 5.43 Å². The lowest BCUT2D eigenvalue weighted by Gasteiger charge is -2.10. The Kier molecular flexibility index (Phi) is 7.14. The molecule has 148 valence electrons. The maximum absolute atomic E-state index is 12.3. The first-order chi connectivity index (χ1) is 13.3. The molecule has 0 heterocycles. The molecule has 0 saturated heterocycles. The van der Waals surface area contributed by atoms with Crippen LogP contribution >= 0.6 is 0 Å². The highest BCUT2D eigenvalue weighted by Gasteiger charge is 2.11. The second-order valence-corrected chi connectivity index (χ2v) is 6.36. The van der Waals surface area contributed by atoms with Crippen molar-refractivity contribution in [2.75, 3.05) is 19.5 Å². The highest BCUT2D eigenvalue weighted by Crippen LogP contribution is 2.22. The van der Waals surface area contributed by atoms with Crippen LogP contribution < -0.4 is 20.2 Å². The van der Waals surface area contributed by atoms with Gasteiger partial charge in [-0.2, -0.15) is 5.10 Å². The monoisotopic (exact) mass is 383 g/mol. The van der Waals surface area contributed by atoms with E-state index in [1.807, 2.05) is 32.0 Å². The Bertz CT molecular complexity index is 884. The van der Waals surface area contributed by atoms with E-state index >= 15 is 0 Å². The molecule has 0 bridgehead atoms. The van der Waals surface area contributed by atoms with Crippen molar-refractivity contribution < 1.29 is 19.1 Å². The molecular weight excluding hydrogens is 358 g/mol. The molecule has 0 aliphatic heterocycles. The molecule has 0 fully saturated rings. The fraction of sp³-hybridized carbons (Fsp3) is 0.286. The minimum absolute atomic E-state index is 0.0646. The molecule has 0 aliphatic carbocycles. The molecule has 0 aliphatic rings. The first-order valence-corrected chi connectivity index (χ1v) is 8.76. The van der Waals surface area contributed by atoms with Crippen molar-refractivity contribution in [1.29, 1.82) is 0 Å². The van der Waals surface area contributed by atoms with Crippen LogP contribution in [0.15, 0.2) is 41.5 Å². The van der Waals surface area contributed by atoms with Crippen LogP contribution in [-0.4, -0.2) is 31.7 Å². The normalized spacial score (nSPS) is 11.0. The van der Waals surface area contributed by atoms with E-state index in [1.54, 1.807) is 25.1 Å². The SMILES string of the molecule is COc1cc(OC)cc(C(=O)N/N=C(/C)CC(=O)Nc2cccc(C)c2C)c1. The fourth-order valence-corrected chi connectivity index (χ4v) is 2.50.